The van der Waals surface area contributed by atoms with Gasteiger partial charge in [-0.05, 0) is 25.5 Å². The average molecular weight is 254 g/mol. The Kier molecular flexibility index (Phi) is 11.9. The van der Waals surface area contributed by atoms with E-state index in [0.29, 0.717) is 0 Å². The van der Waals surface area contributed by atoms with Crippen LogP contribution in [0.15, 0.2) is 0 Å². The first-order valence-electron chi connectivity index (χ1n) is 4.63. The van der Waals surface area contributed by atoms with Crippen LogP contribution < -0.4 is 5.32 Å². The Morgan fingerprint density at radius 2 is 1.56 bits per heavy atom. The third-order valence-corrected chi connectivity index (χ3v) is 4.67. The summed E-state index contributed by atoms with van der Waals surface area (Å²) in [5.41, 5.74) is 5.31. The summed E-state index contributed by atoms with van der Waals surface area (Å²) in [6, 6.07) is 0.858. The van der Waals surface area contributed by atoms with Gasteiger partial charge in [0.2, 0.25) is 0 Å². The molecule has 0 radical (unpaired) electrons. The smallest absolute Gasteiger partial charge is 0.500 e. The van der Waals surface area contributed by atoms with Crippen LogP contribution in [0.5, 0.6) is 0 Å². The minimum atomic E-state index is -2.29. The maximum atomic E-state index is 8.47. The normalized spacial score (nSPS) is 10.5. The highest BCUT2D eigenvalue weighted by Gasteiger charge is 2.36. The molecule has 0 aliphatic carbocycles. The number of nitrogens with zero attached hydrogens (tertiary/aromatic N) is 1. The van der Waals surface area contributed by atoms with E-state index >= 15 is 0 Å². The molecule has 0 aromatic carbocycles. The zero-order chi connectivity index (χ0) is 13.0. The van der Waals surface area contributed by atoms with E-state index in [1.165, 1.54) is 0 Å². The number of rotatable bonds is 7. The van der Waals surface area contributed by atoms with Crippen LogP contribution in [0.2, 0.25) is 6.04 Å². The molecule has 0 bridgehead atoms. The van der Waals surface area contributed by atoms with Crippen molar-refractivity contribution in [1.82, 2.24) is 5.32 Å². The maximum absolute atomic E-state index is 8.47. The molecule has 0 amide bonds. The molecule has 0 saturated heterocycles. The fourth-order valence-corrected chi connectivity index (χ4v) is 2.76. The van der Waals surface area contributed by atoms with Crippen LogP contribution in [0.25, 0.3) is 0 Å². The average Bonchev–Trinajstić information content (AvgIpc) is 2.25. The molecule has 16 heavy (non-hydrogen) atoms. The second-order valence-corrected chi connectivity index (χ2v) is 5.85. The summed E-state index contributed by atoms with van der Waals surface area (Å²) in [5.74, 6) is 0. The lowest BCUT2D eigenvalue weighted by molar-refractivity contribution is -0.482. The van der Waals surface area contributed by atoms with Gasteiger partial charge in [-0.25, -0.2) is 0 Å². The van der Waals surface area contributed by atoms with E-state index in [2.05, 4.69) is 5.32 Å². The molecular formula is C7H20N3O5Si-. The van der Waals surface area contributed by atoms with E-state index in [0.717, 1.165) is 19.0 Å². The first kappa shape index (κ1) is 17.6. The molecule has 0 aromatic rings. The van der Waals surface area contributed by atoms with Crippen molar-refractivity contribution in [3.63, 3.8) is 0 Å². The second-order valence-electron chi connectivity index (χ2n) is 2.76. The van der Waals surface area contributed by atoms with Crippen molar-refractivity contribution >= 4 is 8.80 Å². The van der Waals surface area contributed by atoms with Gasteiger partial charge in [-0.3, -0.25) is 0 Å². The molecule has 0 aliphatic rings. The molecule has 0 aliphatic heterocycles. The van der Waals surface area contributed by atoms with Crippen LogP contribution in [0, 0.1) is 15.9 Å². The summed E-state index contributed by atoms with van der Waals surface area (Å²) >= 11 is 0. The van der Waals surface area contributed by atoms with Crippen molar-refractivity contribution < 1.29 is 18.3 Å². The predicted molar refractivity (Wildman–Crippen MR) is 59.8 cm³/mol. The lowest BCUT2D eigenvalue weighted by atomic mass is 10.5. The zero-order valence-corrected chi connectivity index (χ0v) is 11.1. The zero-order valence-electron chi connectivity index (χ0n) is 10.1. The Labute approximate surface area is 96.5 Å². The largest absolute Gasteiger partial charge is 0.588 e. The van der Waals surface area contributed by atoms with Crippen molar-refractivity contribution in [2.75, 3.05) is 34.9 Å². The lowest BCUT2D eigenvalue weighted by Gasteiger charge is -2.24. The summed E-state index contributed by atoms with van der Waals surface area (Å²) in [7, 11) is 4.54. The van der Waals surface area contributed by atoms with Crippen molar-refractivity contribution in [1.29, 1.82) is 5.53 Å². The van der Waals surface area contributed by atoms with Gasteiger partial charge >= 0.3 is 8.80 Å². The van der Waals surface area contributed by atoms with Gasteiger partial charge < -0.3 is 29.0 Å². The molecule has 8 nitrogen and oxygen atoms in total. The Balaban J connectivity index is 0. The lowest BCUT2D eigenvalue weighted by Crippen LogP contribution is -2.43. The molecule has 9 heteroatoms. The molecule has 0 heterocycles. The molecule has 0 unspecified atom stereocenters. The van der Waals surface area contributed by atoms with Crippen molar-refractivity contribution in [2.45, 2.75) is 12.5 Å². The quantitative estimate of drug-likeness (QED) is 0.296. The van der Waals surface area contributed by atoms with Crippen LogP contribution >= 0.6 is 0 Å². The molecule has 0 spiro atoms. The topological polar surface area (TPSA) is 113 Å². The summed E-state index contributed by atoms with van der Waals surface area (Å²) in [6.45, 7) is 0.963. The van der Waals surface area contributed by atoms with Gasteiger partial charge in [-0.2, -0.15) is 0 Å². The standard InChI is InChI=1S/C7H19NO3Si.HN2O2/c1-8-6-5-7-12(9-2,10-3)11-4;1-2(3)4/h8H,5-7H2,1-4H3;(H-,1,3,4)/q;-1. The molecule has 2 N–H and O–H groups in total. The molecular weight excluding hydrogens is 234 g/mol. The van der Waals surface area contributed by atoms with Crippen LogP contribution in [0.4, 0.5) is 0 Å². The second kappa shape index (κ2) is 10.8. The number of hydrogen-bond acceptors (Lipinski definition) is 7. The van der Waals surface area contributed by atoms with Crippen molar-refractivity contribution in [3.8, 4) is 0 Å². The molecule has 0 fully saturated rings. The van der Waals surface area contributed by atoms with Gasteiger partial charge in [0, 0.05) is 27.4 Å². The van der Waals surface area contributed by atoms with Crippen molar-refractivity contribution in [3.05, 3.63) is 10.4 Å². The highest BCUT2D eigenvalue weighted by atomic mass is 28.4. The highest BCUT2D eigenvalue weighted by Crippen LogP contribution is 2.13. The summed E-state index contributed by atoms with van der Waals surface area (Å²) in [6.07, 6.45) is 1.01. The van der Waals surface area contributed by atoms with Gasteiger partial charge in [-0.15, -0.1) is 0 Å². The predicted octanol–water partition coefficient (Wildman–Crippen LogP) is 0.499. The third-order valence-electron chi connectivity index (χ3n) is 1.84. The summed E-state index contributed by atoms with van der Waals surface area (Å²) in [4.78, 5) is 0. The van der Waals surface area contributed by atoms with Crippen LogP contribution in [0.3, 0.4) is 0 Å². The molecule has 0 atom stereocenters. The highest BCUT2D eigenvalue weighted by molar-refractivity contribution is 6.60. The first-order chi connectivity index (χ1) is 7.47. The van der Waals surface area contributed by atoms with Gasteiger partial charge in [0.15, 0.2) is 0 Å². The summed E-state index contributed by atoms with van der Waals surface area (Å²) < 4.78 is 15.7. The fourth-order valence-electron chi connectivity index (χ4n) is 1.04. The monoisotopic (exact) mass is 254 g/mol. The van der Waals surface area contributed by atoms with E-state index in [-0.39, 0.29) is 0 Å². The van der Waals surface area contributed by atoms with Crippen LogP contribution in [-0.2, 0) is 13.3 Å². The maximum Gasteiger partial charge on any atom is 0.500 e. The molecule has 0 saturated carbocycles. The SMILES string of the molecule is CNCCC[Si](OC)(OC)OC.N=[N+]([O-])[O-]. The Bertz CT molecular complexity index is 167. The molecule has 0 rings (SSSR count). The van der Waals surface area contributed by atoms with E-state index in [9.17, 15) is 0 Å². The molecule has 0 aromatic heterocycles. The Morgan fingerprint density at radius 1 is 1.19 bits per heavy atom. The van der Waals surface area contributed by atoms with Gasteiger partial charge in [0.25, 0.3) is 0 Å². The minimum absolute atomic E-state index is 0.858. The minimum Gasteiger partial charge on any atom is -0.588 e. The van der Waals surface area contributed by atoms with Gasteiger partial charge in [-0.1, -0.05) is 5.02 Å². The fraction of sp³-hybridized carbons (Fsp3) is 1.00. The Morgan fingerprint density at radius 3 is 1.81 bits per heavy atom. The van der Waals surface area contributed by atoms with E-state index in [1.54, 1.807) is 21.3 Å². The first-order valence-corrected chi connectivity index (χ1v) is 6.56. The van der Waals surface area contributed by atoms with Crippen LogP contribution in [-0.4, -0.2) is 48.8 Å². The molecule has 98 valence electrons. The third kappa shape index (κ3) is 9.80. The van der Waals surface area contributed by atoms with E-state index in [4.69, 9.17) is 29.2 Å². The Hall–Kier alpha value is -0.743. The van der Waals surface area contributed by atoms with Gasteiger partial charge in [0.05, 0.1) is 0 Å². The van der Waals surface area contributed by atoms with Crippen molar-refractivity contribution in [2.24, 2.45) is 0 Å². The van der Waals surface area contributed by atoms with E-state index in [1.807, 2.05) is 7.05 Å². The number of hydrogen-bond donors (Lipinski definition) is 2. The number of nitrogens with one attached hydrogen (secondary N) is 2. The van der Waals surface area contributed by atoms with E-state index < -0.39 is 13.8 Å². The summed E-state index contributed by atoms with van der Waals surface area (Å²) in [5, 5.41) is 18.8. The van der Waals surface area contributed by atoms with Crippen LogP contribution in [0.1, 0.15) is 6.42 Å². The van der Waals surface area contributed by atoms with Gasteiger partial charge in [0.1, 0.15) is 0 Å².